The van der Waals surface area contributed by atoms with Crippen LogP contribution in [0.5, 0.6) is 0 Å². The van der Waals surface area contributed by atoms with Crippen LogP contribution >= 0.6 is 0 Å². The molecule has 4 heteroatoms. The third-order valence-electron chi connectivity index (χ3n) is 3.97. The number of nitrogens with two attached hydrogens (primary N) is 1. The van der Waals surface area contributed by atoms with Gasteiger partial charge in [-0.05, 0) is 62.3 Å². The van der Waals surface area contributed by atoms with Crippen molar-refractivity contribution in [3.8, 4) is 0 Å². The van der Waals surface area contributed by atoms with E-state index >= 15 is 0 Å². The molecule has 0 atom stereocenters. The molecule has 1 aliphatic carbocycles. The molecule has 3 nitrogen and oxygen atoms in total. The van der Waals surface area contributed by atoms with Gasteiger partial charge in [-0.2, -0.15) is 0 Å². The largest absolute Gasteiger partial charge is 0.399 e. The molecule has 0 radical (unpaired) electrons. The van der Waals surface area contributed by atoms with Crippen LogP contribution in [-0.2, 0) is 9.84 Å². The zero-order valence-corrected chi connectivity index (χ0v) is 11.8. The number of rotatable bonds is 2. The van der Waals surface area contributed by atoms with Gasteiger partial charge < -0.3 is 5.73 Å². The van der Waals surface area contributed by atoms with Gasteiger partial charge in [-0.25, -0.2) is 8.42 Å². The standard InChI is InChI=1S/C14H21NO2S/c1-10-3-5-12(6-4-10)18(16,17)13-7-8-14(15)11(2)9-13/h7-10,12H,3-6,15H2,1-2H3. The summed E-state index contributed by atoms with van der Waals surface area (Å²) in [5, 5.41) is -0.211. The van der Waals surface area contributed by atoms with Gasteiger partial charge >= 0.3 is 0 Å². The smallest absolute Gasteiger partial charge is 0.181 e. The van der Waals surface area contributed by atoms with Crippen LogP contribution in [0.25, 0.3) is 0 Å². The van der Waals surface area contributed by atoms with Crippen LogP contribution in [-0.4, -0.2) is 13.7 Å². The highest BCUT2D eigenvalue weighted by atomic mass is 32.2. The Morgan fingerprint density at radius 3 is 2.33 bits per heavy atom. The van der Waals surface area contributed by atoms with Crippen LogP contribution in [0, 0.1) is 12.8 Å². The molecule has 1 aliphatic rings. The summed E-state index contributed by atoms with van der Waals surface area (Å²) in [7, 11) is -3.18. The van der Waals surface area contributed by atoms with Gasteiger partial charge in [0.25, 0.3) is 0 Å². The SMILES string of the molecule is Cc1cc(S(=O)(=O)C2CCC(C)CC2)ccc1N. The summed E-state index contributed by atoms with van der Waals surface area (Å²) in [6.07, 6.45) is 3.59. The number of anilines is 1. The van der Waals surface area contributed by atoms with Crippen LogP contribution < -0.4 is 5.73 Å². The van der Waals surface area contributed by atoms with E-state index in [9.17, 15) is 8.42 Å². The lowest BCUT2D eigenvalue weighted by Crippen LogP contribution is -2.26. The number of aryl methyl sites for hydroxylation is 1. The first-order valence-corrected chi connectivity index (χ1v) is 8.06. The van der Waals surface area contributed by atoms with Crippen molar-refractivity contribution in [2.75, 3.05) is 5.73 Å². The molecule has 0 unspecified atom stereocenters. The summed E-state index contributed by atoms with van der Waals surface area (Å²) in [6, 6.07) is 5.02. The van der Waals surface area contributed by atoms with E-state index in [4.69, 9.17) is 5.73 Å². The zero-order valence-electron chi connectivity index (χ0n) is 11.0. The topological polar surface area (TPSA) is 60.2 Å². The van der Waals surface area contributed by atoms with E-state index in [-0.39, 0.29) is 5.25 Å². The zero-order chi connectivity index (χ0) is 13.3. The van der Waals surface area contributed by atoms with E-state index in [0.717, 1.165) is 31.2 Å². The van der Waals surface area contributed by atoms with E-state index < -0.39 is 9.84 Å². The fourth-order valence-corrected chi connectivity index (χ4v) is 4.43. The molecule has 0 bridgehead atoms. The van der Waals surface area contributed by atoms with Crippen LogP contribution in [0.1, 0.15) is 38.2 Å². The van der Waals surface area contributed by atoms with Crippen molar-refractivity contribution in [2.24, 2.45) is 5.92 Å². The number of benzene rings is 1. The third-order valence-corrected chi connectivity index (χ3v) is 6.23. The van der Waals surface area contributed by atoms with E-state index in [1.165, 1.54) is 0 Å². The van der Waals surface area contributed by atoms with Crippen molar-refractivity contribution in [1.29, 1.82) is 0 Å². The molecule has 0 aromatic heterocycles. The Labute approximate surface area is 109 Å². The fourth-order valence-electron chi connectivity index (χ4n) is 2.56. The average molecular weight is 267 g/mol. The third kappa shape index (κ3) is 2.53. The monoisotopic (exact) mass is 267 g/mol. The first-order valence-electron chi connectivity index (χ1n) is 6.51. The maximum atomic E-state index is 12.5. The lowest BCUT2D eigenvalue weighted by atomic mass is 9.91. The molecule has 0 aliphatic heterocycles. The van der Waals surface area contributed by atoms with Crippen molar-refractivity contribution < 1.29 is 8.42 Å². The number of hydrogen-bond donors (Lipinski definition) is 1. The summed E-state index contributed by atoms with van der Waals surface area (Å²) in [4.78, 5) is 0.425. The lowest BCUT2D eigenvalue weighted by Gasteiger charge is -2.26. The van der Waals surface area contributed by atoms with E-state index in [1.54, 1.807) is 18.2 Å². The van der Waals surface area contributed by atoms with Crippen LogP contribution in [0.15, 0.2) is 23.1 Å². The summed E-state index contributed by atoms with van der Waals surface area (Å²) in [5.74, 6) is 0.657. The Kier molecular flexibility index (Phi) is 3.66. The molecule has 1 aromatic rings. The normalized spacial score (nSPS) is 25.0. The van der Waals surface area contributed by atoms with Crippen molar-refractivity contribution >= 4 is 15.5 Å². The van der Waals surface area contributed by atoms with Crippen molar-refractivity contribution in [3.63, 3.8) is 0 Å². The maximum absolute atomic E-state index is 12.5. The Hall–Kier alpha value is -1.03. The molecule has 1 aromatic carbocycles. The second kappa shape index (κ2) is 4.92. The summed E-state index contributed by atoms with van der Waals surface area (Å²) >= 11 is 0. The summed E-state index contributed by atoms with van der Waals surface area (Å²) in [6.45, 7) is 4.04. The molecule has 1 saturated carbocycles. The van der Waals surface area contributed by atoms with Gasteiger partial charge in [-0.1, -0.05) is 6.92 Å². The molecule has 2 rings (SSSR count). The molecular weight excluding hydrogens is 246 g/mol. The van der Waals surface area contributed by atoms with E-state index in [0.29, 0.717) is 16.5 Å². The predicted octanol–water partition coefficient (Wildman–Crippen LogP) is 2.93. The minimum atomic E-state index is -3.18. The van der Waals surface area contributed by atoms with Gasteiger partial charge in [0.05, 0.1) is 10.1 Å². The number of sulfone groups is 1. The highest BCUT2D eigenvalue weighted by Crippen LogP contribution is 2.32. The lowest BCUT2D eigenvalue weighted by molar-refractivity contribution is 0.382. The maximum Gasteiger partial charge on any atom is 0.181 e. The Morgan fingerprint density at radius 1 is 1.17 bits per heavy atom. The quantitative estimate of drug-likeness (QED) is 0.838. The van der Waals surface area contributed by atoms with E-state index in [2.05, 4.69) is 6.92 Å². The molecule has 1 fully saturated rings. The van der Waals surface area contributed by atoms with Crippen molar-refractivity contribution in [3.05, 3.63) is 23.8 Å². The molecule has 0 amide bonds. The van der Waals surface area contributed by atoms with E-state index in [1.807, 2.05) is 6.92 Å². The van der Waals surface area contributed by atoms with Gasteiger partial charge in [-0.15, -0.1) is 0 Å². The highest BCUT2D eigenvalue weighted by molar-refractivity contribution is 7.92. The predicted molar refractivity (Wildman–Crippen MR) is 74.2 cm³/mol. The number of nitrogen functional groups attached to an aromatic ring is 1. The van der Waals surface area contributed by atoms with Gasteiger partial charge in [0.15, 0.2) is 9.84 Å². The molecular formula is C14H21NO2S. The second-order valence-electron chi connectivity index (χ2n) is 5.45. The first kappa shape index (κ1) is 13.4. The molecule has 100 valence electrons. The van der Waals surface area contributed by atoms with Gasteiger partial charge in [0, 0.05) is 5.69 Å². The summed E-state index contributed by atoms with van der Waals surface area (Å²) in [5.41, 5.74) is 7.21. The molecule has 2 N–H and O–H groups in total. The Morgan fingerprint density at radius 2 is 1.78 bits per heavy atom. The minimum Gasteiger partial charge on any atom is -0.399 e. The van der Waals surface area contributed by atoms with Crippen LogP contribution in [0.2, 0.25) is 0 Å². The first-order chi connectivity index (χ1) is 8.41. The molecule has 0 saturated heterocycles. The van der Waals surface area contributed by atoms with Gasteiger partial charge in [0.1, 0.15) is 0 Å². The Balaban J connectivity index is 2.27. The second-order valence-corrected chi connectivity index (χ2v) is 7.67. The van der Waals surface area contributed by atoms with Crippen LogP contribution in [0.3, 0.4) is 0 Å². The Bertz CT molecular complexity index is 529. The highest BCUT2D eigenvalue weighted by Gasteiger charge is 2.30. The molecule has 0 spiro atoms. The van der Waals surface area contributed by atoms with Crippen molar-refractivity contribution in [2.45, 2.75) is 49.7 Å². The minimum absolute atomic E-state index is 0.211. The summed E-state index contributed by atoms with van der Waals surface area (Å²) < 4.78 is 25.0. The fraction of sp³-hybridized carbons (Fsp3) is 0.571. The number of hydrogen-bond acceptors (Lipinski definition) is 3. The molecule has 18 heavy (non-hydrogen) atoms. The average Bonchev–Trinajstić information content (AvgIpc) is 2.33. The van der Waals surface area contributed by atoms with Gasteiger partial charge in [0.2, 0.25) is 0 Å². The molecule has 0 heterocycles. The van der Waals surface area contributed by atoms with Gasteiger partial charge in [-0.3, -0.25) is 0 Å². The van der Waals surface area contributed by atoms with Crippen LogP contribution in [0.4, 0.5) is 5.69 Å². The van der Waals surface area contributed by atoms with Crippen molar-refractivity contribution in [1.82, 2.24) is 0 Å².